The van der Waals surface area contributed by atoms with Crippen LogP contribution in [0.4, 0.5) is 0 Å². The molecule has 1 aromatic carbocycles. The smallest absolute Gasteiger partial charge is 0.255 e. The molecule has 0 bridgehead atoms. The lowest BCUT2D eigenvalue weighted by atomic mass is 10.1. The number of phenols is 1. The highest BCUT2D eigenvalue weighted by Crippen LogP contribution is 2.15. The maximum atomic E-state index is 11.8. The Morgan fingerprint density at radius 2 is 2.19 bits per heavy atom. The van der Waals surface area contributed by atoms with Gasteiger partial charge in [0.25, 0.3) is 5.91 Å². The number of nitrogens with two attached hydrogens (primary N) is 1. The summed E-state index contributed by atoms with van der Waals surface area (Å²) in [5.41, 5.74) is 5.69. The standard InChI is InChI=1S/C11H14N2O2S/c1-2-8(10(12)16)13-11(15)7-5-3-4-6-9(7)14/h3-6,8,14H,2H2,1H3,(H2,12,16)(H,13,15). The van der Waals surface area contributed by atoms with E-state index in [4.69, 9.17) is 18.0 Å². The van der Waals surface area contributed by atoms with Crippen LogP contribution in [0.15, 0.2) is 24.3 Å². The maximum absolute atomic E-state index is 11.8. The largest absolute Gasteiger partial charge is 0.507 e. The molecule has 4 nitrogen and oxygen atoms in total. The number of hydrogen-bond acceptors (Lipinski definition) is 3. The number of amides is 1. The summed E-state index contributed by atoms with van der Waals surface area (Å²) < 4.78 is 0. The van der Waals surface area contributed by atoms with Crippen LogP contribution in [0.1, 0.15) is 23.7 Å². The molecular weight excluding hydrogens is 224 g/mol. The average Bonchev–Trinajstić information content (AvgIpc) is 2.25. The van der Waals surface area contributed by atoms with Crippen LogP contribution in [0.5, 0.6) is 5.75 Å². The number of carbonyl (C=O) groups is 1. The van der Waals surface area contributed by atoms with Gasteiger partial charge < -0.3 is 16.2 Å². The molecule has 86 valence electrons. The number of hydrogen-bond donors (Lipinski definition) is 3. The Hall–Kier alpha value is -1.62. The first-order chi connectivity index (χ1) is 7.56. The monoisotopic (exact) mass is 238 g/mol. The summed E-state index contributed by atoms with van der Waals surface area (Å²) >= 11 is 4.82. The second-order valence-corrected chi connectivity index (χ2v) is 3.83. The molecule has 16 heavy (non-hydrogen) atoms. The number of para-hydroxylation sites is 1. The molecule has 0 saturated heterocycles. The van der Waals surface area contributed by atoms with E-state index in [2.05, 4.69) is 5.32 Å². The molecule has 0 aromatic heterocycles. The molecule has 1 atom stereocenters. The van der Waals surface area contributed by atoms with Crippen LogP contribution < -0.4 is 11.1 Å². The lowest BCUT2D eigenvalue weighted by Crippen LogP contribution is -2.43. The zero-order valence-electron chi connectivity index (χ0n) is 8.93. The molecule has 1 unspecified atom stereocenters. The third-order valence-corrected chi connectivity index (χ3v) is 2.49. The summed E-state index contributed by atoms with van der Waals surface area (Å²) in [5, 5.41) is 12.1. The fourth-order valence-electron chi connectivity index (χ4n) is 1.28. The van der Waals surface area contributed by atoms with Gasteiger partial charge in [0.05, 0.1) is 16.6 Å². The molecule has 0 aliphatic rings. The molecule has 0 aliphatic heterocycles. The van der Waals surface area contributed by atoms with E-state index in [-0.39, 0.29) is 28.3 Å². The summed E-state index contributed by atoms with van der Waals surface area (Å²) in [6, 6.07) is 5.98. The zero-order valence-corrected chi connectivity index (χ0v) is 9.75. The topological polar surface area (TPSA) is 75.3 Å². The van der Waals surface area contributed by atoms with Gasteiger partial charge in [0, 0.05) is 0 Å². The maximum Gasteiger partial charge on any atom is 0.255 e. The number of phenolic OH excluding ortho intramolecular Hbond substituents is 1. The summed E-state index contributed by atoms with van der Waals surface area (Å²) in [4.78, 5) is 12.0. The van der Waals surface area contributed by atoms with E-state index in [9.17, 15) is 9.90 Å². The minimum Gasteiger partial charge on any atom is -0.507 e. The van der Waals surface area contributed by atoms with E-state index in [0.717, 1.165) is 0 Å². The van der Waals surface area contributed by atoms with E-state index in [1.54, 1.807) is 12.1 Å². The van der Waals surface area contributed by atoms with Crippen molar-refractivity contribution in [2.45, 2.75) is 19.4 Å². The molecule has 0 saturated carbocycles. The number of benzene rings is 1. The third-order valence-electron chi connectivity index (χ3n) is 2.21. The van der Waals surface area contributed by atoms with Gasteiger partial charge in [0.15, 0.2) is 0 Å². The first-order valence-electron chi connectivity index (χ1n) is 4.94. The number of carbonyl (C=O) groups excluding carboxylic acids is 1. The van der Waals surface area contributed by atoms with Crippen LogP contribution in [0.2, 0.25) is 0 Å². The summed E-state index contributed by atoms with van der Waals surface area (Å²) in [6.45, 7) is 1.87. The molecule has 0 fully saturated rings. The van der Waals surface area contributed by atoms with Crippen LogP contribution in [-0.2, 0) is 0 Å². The van der Waals surface area contributed by atoms with Gasteiger partial charge in [-0.2, -0.15) is 0 Å². The highest BCUT2D eigenvalue weighted by Gasteiger charge is 2.16. The Morgan fingerprint density at radius 3 is 2.69 bits per heavy atom. The fraction of sp³-hybridized carbons (Fsp3) is 0.273. The minimum absolute atomic E-state index is 0.0576. The predicted octanol–water partition coefficient (Wildman–Crippen LogP) is 1.19. The predicted molar refractivity (Wildman–Crippen MR) is 66.4 cm³/mol. The molecule has 4 N–H and O–H groups in total. The van der Waals surface area contributed by atoms with Crippen molar-refractivity contribution in [3.8, 4) is 5.75 Å². The van der Waals surface area contributed by atoms with Gasteiger partial charge in [-0.15, -0.1) is 0 Å². The molecule has 0 heterocycles. The van der Waals surface area contributed by atoms with Crippen LogP contribution in [0, 0.1) is 0 Å². The number of aromatic hydroxyl groups is 1. The van der Waals surface area contributed by atoms with E-state index in [1.807, 2.05) is 6.92 Å². The first-order valence-corrected chi connectivity index (χ1v) is 5.35. The van der Waals surface area contributed by atoms with E-state index in [0.29, 0.717) is 6.42 Å². The minimum atomic E-state index is -0.377. The van der Waals surface area contributed by atoms with Crippen molar-refractivity contribution in [2.75, 3.05) is 0 Å². The molecule has 0 spiro atoms. The highest BCUT2D eigenvalue weighted by atomic mass is 32.1. The van der Waals surface area contributed by atoms with Gasteiger partial charge in [0.2, 0.25) is 0 Å². The second kappa shape index (κ2) is 5.46. The first kappa shape index (κ1) is 12.4. The Kier molecular flexibility index (Phi) is 4.25. The molecule has 1 amide bonds. The van der Waals surface area contributed by atoms with Crippen molar-refractivity contribution in [1.82, 2.24) is 5.32 Å². The van der Waals surface area contributed by atoms with Gasteiger partial charge in [-0.05, 0) is 18.6 Å². The van der Waals surface area contributed by atoms with E-state index in [1.165, 1.54) is 12.1 Å². The molecule has 0 aliphatic carbocycles. The van der Waals surface area contributed by atoms with Gasteiger partial charge >= 0.3 is 0 Å². The molecule has 0 radical (unpaired) electrons. The Labute approximate surface area is 99.5 Å². The van der Waals surface area contributed by atoms with Gasteiger partial charge in [-0.1, -0.05) is 31.3 Å². The summed E-state index contributed by atoms with van der Waals surface area (Å²) in [5.74, 6) is -0.435. The van der Waals surface area contributed by atoms with E-state index >= 15 is 0 Å². The van der Waals surface area contributed by atoms with Crippen LogP contribution in [0.3, 0.4) is 0 Å². The Balaban J connectivity index is 2.80. The van der Waals surface area contributed by atoms with Crippen LogP contribution in [0.25, 0.3) is 0 Å². The second-order valence-electron chi connectivity index (χ2n) is 3.35. The number of thiocarbonyl (C=S) groups is 1. The van der Waals surface area contributed by atoms with Crippen molar-refractivity contribution >= 4 is 23.1 Å². The lowest BCUT2D eigenvalue weighted by molar-refractivity contribution is 0.0943. The fourth-order valence-corrected chi connectivity index (χ4v) is 1.50. The Bertz CT molecular complexity index is 407. The van der Waals surface area contributed by atoms with Crippen molar-refractivity contribution < 1.29 is 9.90 Å². The van der Waals surface area contributed by atoms with Crippen molar-refractivity contribution in [2.24, 2.45) is 5.73 Å². The van der Waals surface area contributed by atoms with Crippen molar-refractivity contribution in [1.29, 1.82) is 0 Å². The highest BCUT2D eigenvalue weighted by molar-refractivity contribution is 7.80. The van der Waals surface area contributed by atoms with Gasteiger partial charge in [-0.3, -0.25) is 4.79 Å². The summed E-state index contributed by atoms with van der Waals surface area (Å²) in [7, 11) is 0. The molecule has 1 aromatic rings. The van der Waals surface area contributed by atoms with Crippen molar-refractivity contribution in [3.05, 3.63) is 29.8 Å². The van der Waals surface area contributed by atoms with Crippen LogP contribution in [-0.4, -0.2) is 22.0 Å². The summed E-state index contributed by atoms with van der Waals surface area (Å²) in [6.07, 6.45) is 0.620. The zero-order chi connectivity index (χ0) is 12.1. The normalized spacial score (nSPS) is 11.8. The molecular formula is C11H14N2O2S. The lowest BCUT2D eigenvalue weighted by Gasteiger charge is -2.15. The third kappa shape index (κ3) is 2.93. The Morgan fingerprint density at radius 1 is 1.56 bits per heavy atom. The average molecular weight is 238 g/mol. The van der Waals surface area contributed by atoms with Crippen molar-refractivity contribution in [3.63, 3.8) is 0 Å². The molecule has 1 rings (SSSR count). The number of nitrogens with one attached hydrogen (secondary N) is 1. The van der Waals surface area contributed by atoms with Gasteiger partial charge in [-0.25, -0.2) is 0 Å². The number of rotatable bonds is 4. The molecule has 5 heteroatoms. The quantitative estimate of drug-likeness (QED) is 0.689. The van der Waals surface area contributed by atoms with Gasteiger partial charge in [0.1, 0.15) is 5.75 Å². The van der Waals surface area contributed by atoms with Crippen LogP contribution >= 0.6 is 12.2 Å². The SMILES string of the molecule is CCC(NC(=O)c1ccccc1O)C(N)=S. The van der Waals surface area contributed by atoms with E-state index < -0.39 is 0 Å².